The lowest BCUT2D eigenvalue weighted by Gasteiger charge is -2.34. The van der Waals surface area contributed by atoms with Crippen LogP contribution in [0.3, 0.4) is 0 Å². The van der Waals surface area contributed by atoms with Crippen LogP contribution in [0.15, 0.2) is 18.2 Å². The first-order valence-corrected chi connectivity index (χ1v) is 9.02. The maximum absolute atomic E-state index is 12.8. The quantitative estimate of drug-likeness (QED) is 0.570. The molecule has 2 aromatic rings. The van der Waals surface area contributed by atoms with Crippen LogP contribution in [-0.4, -0.2) is 51.9 Å². The Kier molecular flexibility index (Phi) is 5.48. The summed E-state index contributed by atoms with van der Waals surface area (Å²) in [6.45, 7) is 5.63. The number of anilines is 1. The molecule has 1 aromatic heterocycles. The maximum atomic E-state index is 12.8. The average molecular weight is 410 g/mol. The molecule has 0 spiro atoms. The number of carbonyl (C=O) groups excluding carboxylic acids is 1. The van der Waals surface area contributed by atoms with E-state index in [4.69, 9.17) is 23.2 Å². The van der Waals surface area contributed by atoms with Gasteiger partial charge in [-0.05, 0) is 32.0 Å². The highest BCUT2D eigenvalue weighted by atomic mass is 35.5. The molecule has 0 unspecified atom stereocenters. The molecule has 142 valence electrons. The smallest absolute Gasteiger partial charge is 0.300 e. The van der Waals surface area contributed by atoms with Crippen LogP contribution in [0.1, 0.15) is 21.7 Å². The topological polar surface area (TPSA) is 92.5 Å². The predicted molar refractivity (Wildman–Crippen MR) is 103 cm³/mol. The van der Waals surface area contributed by atoms with Crippen LogP contribution in [0, 0.1) is 24.0 Å². The van der Waals surface area contributed by atoms with Gasteiger partial charge in [-0.3, -0.25) is 14.9 Å². The molecular formula is C17H17Cl2N5O3. The summed E-state index contributed by atoms with van der Waals surface area (Å²) in [5, 5.41) is 11.3. The number of nitrogens with zero attached hydrogens (tertiary/aromatic N) is 5. The monoisotopic (exact) mass is 409 g/mol. The SMILES string of the molecule is Cc1cc(C)nc(N2CCN(C(=O)c3cc(Cl)cc(Cl)c3[N+](=O)[O-])CC2)n1. The molecule has 1 saturated heterocycles. The average Bonchev–Trinajstić information content (AvgIpc) is 2.59. The Labute approximate surface area is 165 Å². The normalized spacial score (nSPS) is 14.4. The van der Waals surface area contributed by atoms with E-state index in [1.807, 2.05) is 24.8 Å². The predicted octanol–water partition coefficient (Wildman–Crippen LogP) is 3.27. The number of carbonyl (C=O) groups is 1. The number of hydrogen-bond donors (Lipinski definition) is 0. The van der Waals surface area contributed by atoms with Gasteiger partial charge >= 0.3 is 5.69 Å². The van der Waals surface area contributed by atoms with Gasteiger partial charge in [-0.15, -0.1) is 0 Å². The number of hydrogen-bond acceptors (Lipinski definition) is 6. The fraction of sp³-hybridized carbons (Fsp3) is 0.353. The van der Waals surface area contributed by atoms with Crippen LogP contribution in [0.25, 0.3) is 0 Å². The number of halogens is 2. The van der Waals surface area contributed by atoms with Crippen molar-refractivity contribution in [1.29, 1.82) is 0 Å². The number of aryl methyl sites for hydroxylation is 2. The summed E-state index contributed by atoms with van der Waals surface area (Å²) in [4.78, 5) is 35.9. The first-order valence-electron chi connectivity index (χ1n) is 8.26. The molecule has 8 nitrogen and oxygen atoms in total. The van der Waals surface area contributed by atoms with E-state index in [1.165, 1.54) is 12.1 Å². The summed E-state index contributed by atoms with van der Waals surface area (Å²) in [6.07, 6.45) is 0. The second kappa shape index (κ2) is 7.66. The number of nitro benzene ring substituents is 1. The number of benzene rings is 1. The van der Waals surface area contributed by atoms with Crippen LogP contribution >= 0.6 is 23.2 Å². The molecule has 0 aliphatic carbocycles. The highest BCUT2D eigenvalue weighted by Gasteiger charge is 2.30. The molecule has 1 aliphatic rings. The van der Waals surface area contributed by atoms with Crippen molar-refractivity contribution >= 4 is 40.7 Å². The summed E-state index contributed by atoms with van der Waals surface area (Å²) in [6, 6.07) is 4.44. The minimum atomic E-state index is -0.661. The van der Waals surface area contributed by atoms with E-state index in [0.29, 0.717) is 32.1 Å². The number of nitro groups is 1. The fourth-order valence-electron chi connectivity index (χ4n) is 3.04. The minimum absolute atomic E-state index is 0.103. The third-order valence-electron chi connectivity index (χ3n) is 4.26. The molecule has 0 saturated carbocycles. The van der Waals surface area contributed by atoms with Gasteiger partial charge in [-0.2, -0.15) is 0 Å². The second-order valence-corrected chi connectivity index (χ2v) is 7.11. The summed E-state index contributed by atoms with van der Waals surface area (Å²) in [7, 11) is 0. The Morgan fingerprint density at radius 2 is 1.67 bits per heavy atom. The minimum Gasteiger partial charge on any atom is -0.337 e. The molecule has 3 rings (SSSR count). The Morgan fingerprint density at radius 3 is 2.22 bits per heavy atom. The van der Waals surface area contributed by atoms with E-state index in [-0.39, 0.29) is 15.6 Å². The van der Waals surface area contributed by atoms with E-state index in [2.05, 4.69) is 9.97 Å². The zero-order valence-electron chi connectivity index (χ0n) is 14.8. The van der Waals surface area contributed by atoms with Gasteiger partial charge in [-0.1, -0.05) is 23.2 Å². The first kappa shape index (κ1) is 19.3. The maximum Gasteiger partial charge on any atom is 0.300 e. The molecule has 0 atom stereocenters. The first-order chi connectivity index (χ1) is 12.8. The summed E-state index contributed by atoms with van der Waals surface area (Å²) in [5.74, 6) is 0.156. The summed E-state index contributed by atoms with van der Waals surface area (Å²) >= 11 is 11.9. The van der Waals surface area contributed by atoms with Gasteiger partial charge < -0.3 is 9.80 Å². The molecular weight excluding hydrogens is 393 g/mol. The van der Waals surface area contributed by atoms with Crippen molar-refractivity contribution < 1.29 is 9.72 Å². The van der Waals surface area contributed by atoms with Gasteiger partial charge in [0.15, 0.2) is 0 Å². The Morgan fingerprint density at radius 1 is 1.07 bits per heavy atom. The number of amides is 1. The zero-order chi connectivity index (χ0) is 19.7. The lowest BCUT2D eigenvalue weighted by molar-refractivity contribution is -0.385. The van der Waals surface area contributed by atoms with Crippen molar-refractivity contribution in [1.82, 2.24) is 14.9 Å². The molecule has 10 heteroatoms. The molecule has 0 bridgehead atoms. The molecule has 27 heavy (non-hydrogen) atoms. The Balaban J connectivity index is 1.79. The van der Waals surface area contributed by atoms with Gasteiger partial charge in [0.25, 0.3) is 5.91 Å². The van der Waals surface area contributed by atoms with Crippen molar-refractivity contribution in [3.8, 4) is 0 Å². The third kappa shape index (κ3) is 4.12. The van der Waals surface area contributed by atoms with Crippen LogP contribution in [0.5, 0.6) is 0 Å². The van der Waals surface area contributed by atoms with Crippen molar-refractivity contribution in [3.63, 3.8) is 0 Å². The molecule has 1 aromatic carbocycles. The summed E-state index contributed by atoms with van der Waals surface area (Å²) < 4.78 is 0. The van der Waals surface area contributed by atoms with Crippen molar-refractivity contribution in [2.24, 2.45) is 0 Å². The highest BCUT2D eigenvalue weighted by molar-refractivity contribution is 6.37. The summed E-state index contributed by atoms with van der Waals surface area (Å²) in [5.41, 5.74) is 1.22. The standard InChI is InChI=1S/C17H17Cl2N5O3/c1-10-7-11(2)21-17(20-10)23-5-3-22(4-6-23)16(25)13-8-12(18)9-14(19)15(13)24(26)27/h7-9H,3-6H2,1-2H3. The van der Waals surface area contributed by atoms with Gasteiger partial charge in [0.1, 0.15) is 10.6 Å². The van der Waals surface area contributed by atoms with Gasteiger partial charge in [0.2, 0.25) is 5.95 Å². The van der Waals surface area contributed by atoms with Crippen LogP contribution in [0.2, 0.25) is 10.0 Å². The van der Waals surface area contributed by atoms with Crippen molar-refractivity contribution in [2.45, 2.75) is 13.8 Å². The number of piperazine rings is 1. The molecule has 1 aliphatic heterocycles. The van der Waals surface area contributed by atoms with Gasteiger partial charge in [0, 0.05) is 42.6 Å². The lowest BCUT2D eigenvalue weighted by Crippen LogP contribution is -2.49. The van der Waals surface area contributed by atoms with E-state index < -0.39 is 16.5 Å². The van der Waals surface area contributed by atoms with E-state index in [1.54, 1.807) is 4.90 Å². The van der Waals surface area contributed by atoms with Gasteiger partial charge in [0.05, 0.1) is 4.92 Å². The highest BCUT2D eigenvalue weighted by Crippen LogP contribution is 2.33. The van der Waals surface area contributed by atoms with E-state index in [0.717, 1.165) is 11.4 Å². The lowest BCUT2D eigenvalue weighted by atomic mass is 10.1. The Hall–Kier alpha value is -2.45. The van der Waals surface area contributed by atoms with Gasteiger partial charge in [-0.25, -0.2) is 9.97 Å². The number of rotatable bonds is 3. The molecule has 0 N–H and O–H groups in total. The zero-order valence-corrected chi connectivity index (χ0v) is 16.3. The fourth-order valence-corrected chi connectivity index (χ4v) is 3.61. The Bertz CT molecular complexity index is 893. The van der Waals surface area contributed by atoms with E-state index >= 15 is 0 Å². The van der Waals surface area contributed by atoms with Crippen LogP contribution in [-0.2, 0) is 0 Å². The molecule has 1 amide bonds. The third-order valence-corrected chi connectivity index (χ3v) is 4.77. The second-order valence-electron chi connectivity index (χ2n) is 6.27. The largest absolute Gasteiger partial charge is 0.337 e. The molecule has 1 fully saturated rings. The van der Waals surface area contributed by atoms with Crippen LogP contribution in [0.4, 0.5) is 11.6 Å². The van der Waals surface area contributed by atoms with Crippen molar-refractivity contribution in [2.75, 3.05) is 31.1 Å². The van der Waals surface area contributed by atoms with Crippen LogP contribution < -0.4 is 4.90 Å². The van der Waals surface area contributed by atoms with E-state index in [9.17, 15) is 14.9 Å². The number of aromatic nitrogens is 2. The molecule has 0 radical (unpaired) electrons. The van der Waals surface area contributed by atoms with Crippen molar-refractivity contribution in [3.05, 3.63) is 55.3 Å². The molecule has 2 heterocycles.